The van der Waals surface area contributed by atoms with E-state index in [2.05, 4.69) is 92.2 Å². The smallest absolute Gasteiger partial charge is 0.0901 e. The molecule has 3 heterocycles. The number of anilines is 2. The van der Waals surface area contributed by atoms with Crippen molar-refractivity contribution in [2.24, 2.45) is 0 Å². The normalized spacial score (nSPS) is 13.8. The van der Waals surface area contributed by atoms with E-state index in [4.69, 9.17) is 0 Å². The first-order valence-electron chi connectivity index (χ1n) is 11.4. The molecule has 4 nitrogen and oxygen atoms in total. The Balaban J connectivity index is 1.19. The summed E-state index contributed by atoms with van der Waals surface area (Å²) in [4.78, 5) is 14.0. The number of piperazine rings is 1. The summed E-state index contributed by atoms with van der Waals surface area (Å²) in [6.07, 6.45) is 0. The summed E-state index contributed by atoms with van der Waals surface area (Å²) in [6.45, 7) is 16.5. The maximum absolute atomic E-state index is 4.56. The van der Waals surface area contributed by atoms with Gasteiger partial charge in [0.25, 0.3) is 0 Å². The average Bonchev–Trinajstić information content (AvgIpc) is 3.52. The van der Waals surface area contributed by atoms with Crippen LogP contribution in [0.2, 0.25) is 0 Å². The molecule has 0 spiro atoms. The lowest BCUT2D eigenvalue weighted by Crippen LogP contribution is -2.46. The first-order chi connectivity index (χ1) is 16.5. The number of nitrogens with zero attached hydrogens (tertiary/aromatic N) is 4. The number of rotatable bonds is 6. The zero-order valence-corrected chi connectivity index (χ0v) is 21.3. The van der Waals surface area contributed by atoms with E-state index in [1.54, 1.807) is 22.7 Å². The highest BCUT2D eigenvalue weighted by Crippen LogP contribution is 2.28. The lowest BCUT2D eigenvalue weighted by molar-refractivity contribution is 0.653. The predicted molar refractivity (Wildman–Crippen MR) is 147 cm³/mol. The molecule has 5 rings (SSSR count). The van der Waals surface area contributed by atoms with Gasteiger partial charge in [0.05, 0.1) is 21.4 Å². The van der Waals surface area contributed by atoms with Gasteiger partial charge in [0, 0.05) is 59.5 Å². The Labute approximate surface area is 209 Å². The lowest BCUT2D eigenvalue weighted by atomic mass is 10.0. The van der Waals surface area contributed by atoms with Crippen molar-refractivity contribution in [2.45, 2.75) is 13.8 Å². The van der Waals surface area contributed by atoms with Crippen molar-refractivity contribution < 1.29 is 0 Å². The van der Waals surface area contributed by atoms with Gasteiger partial charge in [-0.1, -0.05) is 37.4 Å². The van der Waals surface area contributed by atoms with Crippen molar-refractivity contribution in [3.63, 3.8) is 0 Å². The average molecular weight is 485 g/mol. The van der Waals surface area contributed by atoms with Gasteiger partial charge >= 0.3 is 0 Å². The van der Waals surface area contributed by atoms with Crippen LogP contribution in [-0.2, 0) is 0 Å². The minimum atomic E-state index is 0.972. The number of aryl methyl sites for hydroxylation is 2. The summed E-state index contributed by atoms with van der Waals surface area (Å²) in [5, 5.41) is 6.29. The molecular formula is C28H28N4S2. The van der Waals surface area contributed by atoms with Crippen LogP contribution in [0.4, 0.5) is 11.4 Å². The first kappa shape index (κ1) is 22.6. The maximum atomic E-state index is 4.56. The van der Waals surface area contributed by atoms with E-state index in [9.17, 15) is 0 Å². The summed E-state index contributed by atoms with van der Waals surface area (Å²) in [7, 11) is 0. The molecule has 1 aliphatic heterocycles. The third-order valence-corrected chi connectivity index (χ3v) is 7.84. The third kappa shape index (κ3) is 4.69. The molecular weight excluding hydrogens is 456 g/mol. The van der Waals surface area contributed by atoms with Crippen molar-refractivity contribution >= 4 is 45.2 Å². The van der Waals surface area contributed by atoms with Crippen molar-refractivity contribution in [1.82, 2.24) is 9.97 Å². The summed E-state index contributed by atoms with van der Waals surface area (Å²) < 4.78 is 0. The number of hydrogen-bond acceptors (Lipinski definition) is 6. The SMILES string of the molecule is C=C(c1ccc(N2CCN(c3ccc(C(=C)c4csc(C)n4)cc3)CC2)cc1)c1csc(C)n1. The number of benzene rings is 2. The van der Waals surface area contributed by atoms with Crippen molar-refractivity contribution in [2.75, 3.05) is 36.0 Å². The lowest BCUT2D eigenvalue weighted by Gasteiger charge is -2.37. The standard InChI is InChI=1S/C28H28N4S2/c1-19(27-17-33-21(3)29-27)23-5-9-25(10-6-23)31-13-15-32(16-14-31)26-11-7-24(8-12-26)20(2)28-18-34-22(4)30-28/h5-12,17-18H,1-2,13-16H2,3-4H3. The quantitative estimate of drug-likeness (QED) is 0.306. The Morgan fingerprint density at radius 1 is 0.647 bits per heavy atom. The fourth-order valence-corrected chi connectivity index (χ4v) is 5.53. The molecule has 34 heavy (non-hydrogen) atoms. The van der Waals surface area contributed by atoms with Crippen LogP contribution in [0.15, 0.2) is 72.4 Å². The fourth-order valence-electron chi connectivity index (χ4n) is 4.27. The minimum Gasteiger partial charge on any atom is -0.368 e. The summed E-state index contributed by atoms with van der Waals surface area (Å²) in [5.41, 5.74) is 8.69. The van der Waals surface area contributed by atoms with Crippen LogP contribution >= 0.6 is 22.7 Å². The molecule has 1 fully saturated rings. The van der Waals surface area contributed by atoms with Crippen molar-refractivity contribution in [3.05, 3.63) is 105 Å². The van der Waals surface area contributed by atoms with E-state index in [1.807, 2.05) is 13.8 Å². The van der Waals surface area contributed by atoms with Crippen molar-refractivity contribution in [3.8, 4) is 0 Å². The van der Waals surface area contributed by atoms with Crippen LogP contribution in [0.25, 0.3) is 11.1 Å². The molecule has 0 amide bonds. The molecule has 0 N–H and O–H groups in total. The van der Waals surface area contributed by atoms with Crippen LogP contribution in [0.3, 0.4) is 0 Å². The Bertz CT molecular complexity index is 1200. The van der Waals surface area contributed by atoms with Crippen LogP contribution in [-0.4, -0.2) is 36.1 Å². The van der Waals surface area contributed by atoms with Gasteiger partial charge in [-0.3, -0.25) is 0 Å². The van der Waals surface area contributed by atoms with E-state index in [1.165, 1.54) is 11.4 Å². The fraction of sp³-hybridized carbons (Fsp3) is 0.214. The first-order valence-corrected chi connectivity index (χ1v) is 13.2. The van der Waals surface area contributed by atoms with E-state index >= 15 is 0 Å². The largest absolute Gasteiger partial charge is 0.368 e. The molecule has 0 unspecified atom stereocenters. The highest BCUT2D eigenvalue weighted by molar-refractivity contribution is 7.09. The maximum Gasteiger partial charge on any atom is 0.0901 e. The topological polar surface area (TPSA) is 32.3 Å². The zero-order chi connectivity index (χ0) is 23.7. The van der Waals surface area contributed by atoms with Crippen molar-refractivity contribution in [1.29, 1.82) is 0 Å². The summed E-state index contributed by atoms with van der Waals surface area (Å²) in [5.74, 6) is 0. The molecule has 6 heteroatoms. The van der Waals surface area contributed by atoms with Crippen LogP contribution in [0.5, 0.6) is 0 Å². The number of hydrogen-bond donors (Lipinski definition) is 0. The molecule has 172 valence electrons. The monoisotopic (exact) mass is 484 g/mol. The van der Waals surface area contributed by atoms with Gasteiger partial charge in [0.15, 0.2) is 0 Å². The summed E-state index contributed by atoms with van der Waals surface area (Å²) in [6, 6.07) is 17.5. The van der Waals surface area contributed by atoms with E-state index < -0.39 is 0 Å². The van der Waals surface area contributed by atoms with Crippen LogP contribution in [0.1, 0.15) is 32.5 Å². The Hall–Kier alpha value is -3.22. The molecule has 0 aliphatic carbocycles. The van der Waals surface area contributed by atoms with Gasteiger partial charge in [-0.2, -0.15) is 0 Å². The molecule has 1 saturated heterocycles. The van der Waals surface area contributed by atoms with E-state index in [0.29, 0.717) is 0 Å². The molecule has 1 aliphatic rings. The second-order valence-corrected chi connectivity index (χ2v) is 10.7. The highest BCUT2D eigenvalue weighted by atomic mass is 32.1. The molecule has 2 aromatic heterocycles. The highest BCUT2D eigenvalue weighted by Gasteiger charge is 2.18. The second kappa shape index (κ2) is 9.57. The second-order valence-electron chi connectivity index (χ2n) is 8.53. The third-order valence-electron chi connectivity index (χ3n) is 6.30. The Kier molecular flexibility index (Phi) is 6.35. The van der Waals surface area contributed by atoms with Gasteiger partial charge in [-0.05, 0) is 49.2 Å². The van der Waals surface area contributed by atoms with Gasteiger partial charge in [0.1, 0.15) is 0 Å². The van der Waals surface area contributed by atoms with Crippen LogP contribution in [0, 0.1) is 13.8 Å². The van der Waals surface area contributed by atoms with Gasteiger partial charge in [-0.25, -0.2) is 9.97 Å². The molecule has 4 aromatic rings. The number of aromatic nitrogens is 2. The molecule has 0 radical (unpaired) electrons. The van der Waals surface area contributed by atoms with Gasteiger partial charge in [-0.15, -0.1) is 22.7 Å². The van der Waals surface area contributed by atoms with Gasteiger partial charge < -0.3 is 9.80 Å². The zero-order valence-electron chi connectivity index (χ0n) is 19.6. The molecule has 2 aromatic carbocycles. The van der Waals surface area contributed by atoms with E-state index in [-0.39, 0.29) is 0 Å². The number of thiazole rings is 2. The predicted octanol–water partition coefficient (Wildman–Crippen LogP) is 6.67. The summed E-state index contributed by atoms with van der Waals surface area (Å²) >= 11 is 3.32. The Morgan fingerprint density at radius 2 is 1.00 bits per heavy atom. The molecule has 0 saturated carbocycles. The van der Waals surface area contributed by atoms with E-state index in [0.717, 1.165) is 69.9 Å². The molecule has 0 atom stereocenters. The van der Waals surface area contributed by atoms with Crippen LogP contribution < -0.4 is 9.80 Å². The van der Waals surface area contributed by atoms with Gasteiger partial charge in [0.2, 0.25) is 0 Å². The molecule has 0 bridgehead atoms. The minimum absolute atomic E-state index is 0.972. The Morgan fingerprint density at radius 3 is 1.29 bits per heavy atom.